The van der Waals surface area contributed by atoms with Crippen LogP contribution in [-0.4, -0.2) is 50.4 Å². The van der Waals surface area contributed by atoms with E-state index in [2.05, 4.69) is 25.0 Å². The predicted molar refractivity (Wildman–Crippen MR) is 110 cm³/mol. The van der Waals surface area contributed by atoms with Crippen LogP contribution in [0.25, 0.3) is 0 Å². The minimum absolute atomic E-state index is 0.00903. The van der Waals surface area contributed by atoms with E-state index in [1.807, 2.05) is 39.8 Å². The zero-order valence-corrected chi connectivity index (χ0v) is 17.7. The van der Waals surface area contributed by atoms with Crippen molar-refractivity contribution in [2.75, 3.05) is 19.7 Å². The number of rotatable bonds is 7. The van der Waals surface area contributed by atoms with Crippen LogP contribution in [0.4, 0.5) is 0 Å². The molecule has 0 aliphatic carbocycles. The maximum atomic E-state index is 12.0. The summed E-state index contributed by atoms with van der Waals surface area (Å²) >= 11 is 0. The molecule has 8 heteroatoms. The Morgan fingerprint density at radius 2 is 2.03 bits per heavy atom. The zero-order chi connectivity index (χ0) is 21.0. The number of phenols is 1. The van der Waals surface area contributed by atoms with Gasteiger partial charge in [-0.3, -0.25) is 9.69 Å². The molecule has 1 atom stereocenters. The first-order valence-corrected chi connectivity index (χ1v) is 10.3. The number of carbonyl (C=O) groups is 1. The topological polar surface area (TPSA) is 92.5 Å². The van der Waals surface area contributed by atoms with Gasteiger partial charge in [-0.25, -0.2) is 0 Å². The third-order valence-electron chi connectivity index (χ3n) is 5.19. The molecule has 3 rings (SSSR count). The Bertz CT molecular complexity index is 849. The maximum absolute atomic E-state index is 12.0. The number of ether oxygens (including phenoxy) is 1. The second-order valence-corrected chi connectivity index (χ2v) is 7.73. The average Bonchev–Trinajstić information content (AvgIpc) is 2.99. The van der Waals surface area contributed by atoms with Gasteiger partial charge >= 0.3 is 0 Å². The van der Waals surface area contributed by atoms with E-state index < -0.39 is 0 Å². The van der Waals surface area contributed by atoms with Gasteiger partial charge in [-0.1, -0.05) is 26.0 Å². The summed E-state index contributed by atoms with van der Waals surface area (Å²) in [4.78, 5) is 14.3. The van der Waals surface area contributed by atoms with Crippen molar-refractivity contribution >= 4 is 5.91 Å². The van der Waals surface area contributed by atoms with E-state index in [1.54, 1.807) is 6.07 Å². The van der Waals surface area contributed by atoms with Crippen LogP contribution in [0.15, 0.2) is 18.2 Å². The van der Waals surface area contributed by atoms with Gasteiger partial charge in [-0.05, 0) is 19.9 Å². The van der Waals surface area contributed by atoms with Crippen LogP contribution in [0.3, 0.4) is 0 Å². The molecule has 1 aliphatic rings. The first-order valence-electron chi connectivity index (χ1n) is 10.3. The average molecular weight is 402 g/mol. The van der Waals surface area contributed by atoms with Crippen LogP contribution in [0.5, 0.6) is 11.5 Å². The Labute approximate surface area is 171 Å². The second kappa shape index (κ2) is 9.26. The van der Waals surface area contributed by atoms with Gasteiger partial charge in [0.2, 0.25) is 5.91 Å². The minimum Gasteiger partial charge on any atom is -0.504 e. The van der Waals surface area contributed by atoms with Crippen LogP contribution < -0.4 is 10.1 Å². The van der Waals surface area contributed by atoms with E-state index in [0.717, 1.165) is 43.3 Å². The van der Waals surface area contributed by atoms with E-state index in [9.17, 15) is 9.90 Å². The van der Waals surface area contributed by atoms with Gasteiger partial charge < -0.3 is 19.7 Å². The number of nitrogens with one attached hydrogen (secondary N) is 1. The SMILES string of the molecule is CCOc1cccc(CN2CCc3nnc(C(C)NC(=O)C(C)C)n3CC2)c1O. The lowest BCUT2D eigenvalue weighted by Crippen LogP contribution is -2.32. The highest BCUT2D eigenvalue weighted by molar-refractivity contribution is 5.78. The summed E-state index contributed by atoms with van der Waals surface area (Å²) < 4.78 is 7.61. The van der Waals surface area contributed by atoms with Crippen LogP contribution in [0.2, 0.25) is 0 Å². The molecule has 1 aliphatic heterocycles. The number of nitrogens with zero attached hydrogens (tertiary/aromatic N) is 4. The fourth-order valence-electron chi connectivity index (χ4n) is 3.52. The number of aromatic hydroxyl groups is 1. The molecule has 0 fully saturated rings. The normalized spacial score (nSPS) is 15.6. The van der Waals surface area contributed by atoms with Crippen LogP contribution >= 0.6 is 0 Å². The molecule has 0 saturated heterocycles. The van der Waals surface area contributed by atoms with Crippen LogP contribution in [0.1, 0.15) is 50.9 Å². The third kappa shape index (κ3) is 4.87. The summed E-state index contributed by atoms with van der Waals surface area (Å²) in [6.45, 7) is 11.1. The van der Waals surface area contributed by atoms with Gasteiger partial charge in [0.15, 0.2) is 17.3 Å². The van der Waals surface area contributed by atoms with Crippen LogP contribution in [-0.2, 0) is 24.3 Å². The van der Waals surface area contributed by atoms with Crippen molar-refractivity contribution in [3.63, 3.8) is 0 Å². The van der Waals surface area contributed by atoms with Gasteiger partial charge in [-0.2, -0.15) is 0 Å². The molecule has 158 valence electrons. The van der Waals surface area contributed by atoms with Gasteiger partial charge in [0.25, 0.3) is 0 Å². The Morgan fingerprint density at radius 3 is 2.76 bits per heavy atom. The molecule has 8 nitrogen and oxygen atoms in total. The smallest absolute Gasteiger partial charge is 0.223 e. The number of fused-ring (bicyclic) bond motifs is 1. The Kier molecular flexibility index (Phi) is 6.74. The van der Waals surface area contributed by atoms with Crippen molar-refractivity contribution in [2.45, 2.75) is 53.2 Å². The molecule has 1 aromatic heterocycles. The Hall–Kier alpha value is -2.61. The number of amides is 1. The lowest BCUT2D eigenvalue weighted by atomic mass is 10.1. The van der Waals surface area contributed by atoms with E-state index in [0.29, 0.717) is 18.9 Å². The summed E-state index contributed by atoms with van der Waals surface area (Å²) in [5.74, 6) is 2.39. The number of hydrogen-bond acceptors (Lipinski definition) is 6. The molecule has 0 radical (unpaired) electrons. The molecule has 1 amide bonds. The zero-order valence-electron chi connectivity index (χ0n) is 17.7. The third-order valence-corrected chi connectivity index (χ3v) is 5.19. The lowest BCUT2D eigenvalue weighted by Gasteiger charge is -2.21. The van der Waals surface area contributed by atoms with Gasteiger partial charge in [0.05, 0.1) is 12.6 Å². The fraction of sp³-hybridized carbons (Fsp3) is 0.571. The molecule has 2 heterocycles. The highest BCUT2D eigenvalue weighted by Gasteiger charge is 2.24. The molecular weight excluding hydrogens is 370 g/mol. The van der Waals surface area contributed by atoms with E-state index in [-0.39, 0.29) is 23.6 Å². The minimum atomic E-state index is -0.190. The Morgan fingerprint density at radius 1 is 1.24 bits per heavy atom. The monoisotopic (exact) mass is 401 g/mol. The van der Waals surface area contributed by atoms with Crippen molar-refractivity contribution in [3.05, 3.63) is 35.4 Å². The van der Waals surface area contributed by atoms with Crippen molar-refractivity contribution in [3.8, 4) is 11.5 Å². The van der Waals surface area contributed by atoms with E-state index in [1.165, 1.54) is 0 Å². The predicted octanol–water partition coefficient (Wildman–Crippen LogP) is 2.27. The summed E-state index contributed by atoms with van der Waals surface area (Å²) in [6, 6.07) is 5.43. The summed E-state index contributed by atoms with van der Waals surface area (Å²) in [7, 11) is 0. The first-order chi connectivity index (χ1) is 13.9. The second-order valence-electron chi connectivity index (χ2n) is 7.73. The van der Waals surface area contributed by atoms with Crippen LogP contribution in [0, 0.1) is 5.92 Å². The molecule has 0 saturated carbocycles. The maximum Gasteiger partial charge on any atom is 0.223 e. The van der Waals surface area contributed by atoms with Crippen molar-refractivity contribution < 1.29 is 14.6 Å². The largest absolute Gasteiger partial charge is 0.504 e. The highest BCUT2D eigenvalue weighted by Crippen LogP contribution is 2.31. The summed E-state index contributed by atoms with van der Waals surface area (Å²) in [5, 5.41) is 22.2. The van der Waals surface area contributed by atoms with Gasteiger partial charge in [0, 0.05) is 44.1 Å². The molecule has 29 heavy (non-hydrogen) atoms. The summed E-state index contributed by atoms with van der Waals surface area (Å²) in [6.07, 6.45) is 0.768. The van der Waals surface area contributed by atoms with Gasteiger partial charge in [-0.15, -0.1) is 10.2 Å². The molecule has 0 spiro atoms. The number of carbonyl (C=O) groups excluding carboxylic acids is 1. The number of para-hydroxylation sites is 1. The standard InChI is InChI=1S/C21H31N5O3/c1-5-29-17-8-6-7-16(19(17)27)13-25-10-9-18-23-24-20(26(18)12-11-25)15(4)22-21(28)14(2)3/h6-8,14-15,27H,5,9-13H2,1-4H3,(H,22,28). The number of phenolic OH excluding ortho intramolecular Hbond substituents is 1. The number of hydrogen-bond donors (Lipinski definition) is 2. The fourth-order valence-corrected chi connectivity index (χ4v) is 3.52. The Balaban J connectivity index is 1.68. The number of benzene rings is 1. The molecule has 0 bridgehead atoms. The lowest BCUT2D eigenvalue weighted by molar-refractivity contribution is -0.124. The summed E-state index contributed by atoms with van der Waals surface area (Å²) in [5.41, 5.74) is 0.853. The molecule has 1 unspecified atom stereocenters. The van der Waals surface area contributed by atoms with Crippen molar-refractivity contribution in [1.82, 2.24) is 25.0 Å². The molecule has 2 aromatic rings. The van der Waals surface area contributed by atoms with E-state index in [4.69, 9.17) is 4.74 Å². The highest BCUT2D eigenvalue weighted by atomic mass is 16.5. The first kappa shape index (κ1) is 21.1. The van der Waals surface area contributed by atoms with E-state index >= 15 is 0 Å². The van der Waals surface area contributed by atoms with Crippen molar-refractivity contribution in [1.29, 1.82) is 0 Å². The molecule has 1 aromatic carbocycles. The number of aromatic nitrogens is 3. The quantitative estimate of drug-likeness (QED) is 0.739. The van der Waals surface area contributed by atoms with Crippen molar-refractivity contribution in [2.24, 2.45) is 5.92 Å². The van der Waals surface area contributed by atoms with Gasteiger partial charge in [0.1, 0.15) is 5.82 Å². The molecular formula is C21H31N5O3. The molecule has 2 N–H and O–H groups in total.